The number of hydrogen-bond donors (Lipinski definition) is 2. The Hall–Kier alpha value is -0.590. The van der Waals surface area contributed by atoms with Crippen LogP contribution in [-0.4, -0.2) is 16.0 Å². The number of nitrogen functional groups attached to an aromatic ring is 1. The van der Waals surface area contributed by atoms with Gasteiger partial charge in [0.05, 0.1) is 3.57 Å². The second kappa shape index (κ2) is 5.16. The molecule has 1 heterocycles. The van der Waals surface area contributed by atoms with Crippen LogP contribution in [0.2, 0.25) is 0 Å². The van der Waals surface area contributed by atoms with Crippen molar-refractivity contribution in [2.24, 2.45) is 5.92 Å². The van der Waals surface area contributed by atoms with Crippen LogP contribution in [0.15, 0.2) is 6.20 Å². The largest absolute Gasteiger partial charge is 0.368 e. The minimum atomic E-state index is 0.340. The van der Waals surface area contributed by atoms with Crippen molar-refractivity contribution >= 4 is 34.4 Å². The first kappa shape index (κ1) is 11.9. The molecule has 1 aromatic heterocycles. The summed E-state index contributed by atoms with van der Waals surface area (Å²) in [7, 11) is 0. The van der Waals surface area contributed by atoms with E-state index in [1.165, 1.54) is 25.7 Å². The Morgan fingerprint density at radius 3 is 2.75 bits per heavy atom. The van der Waals surface area contributed by atoms with Crippen molar-refractivity contribution in [3.8, 4) is 0 Å². The molecular weight excluding hydrogens is 315 g/mol. The Labute approximate surface area is 110 Å². The van der Waals surface area contributed by atoms with Gasteiger partial charge < -0.3 is 11.1 Å². The van der Waals surface area contributed by atoms with E-state index in [2.05, 4.69) is 44.8 Å². The zero-order chi connectivity index (χ0) is 11.5. The molecule has 1 fully saturated rings. The summed E-state index contributed by atoms with van der Waals surface area (Å²) in [6.45, 7) is 2.32. The summed E-state index contributed by atoms with van der Waals surface area (Å²) in [5.41, 5.74) is 5.59. The summed E-state index contributed by atoms with van der Waals surface area (Å²) >= 11 is 2.23. The van der Waals surface area contributed by atoms with Crippen LogP contribution in [0.5, 0.6) is 0 Å². The molecule has 1 saturated carbocycles. The van der Waals surface area contributed by atoms with Gasteiger partial charge in [-0.3, -0.25) is 0 Å². The molecule has 4 nitrogen and oxygen atoms in total. The zero-order valence-corrected chi connectivity index (χ0v) is 11.6. The number of nitrogens with one attached hydrogen (secondary N) is 1. The molecule has 2 rings (SSSR count). The van der Waals surface area contributed by atoms with Crippen LogP contribution in [-0.2, 0) is 0 Å². The second-order valence-electron chi connectivity index (χ2n) is 4.53. The van der Waals surface area contributed by atoms with Crippen molar-refractivity contribution in [2.75, 3.05) is 11.1 Å². The summed E-state index contributed by atoms with van der Waals surface area (Å²) in [6.07, 6.45) is 6.81. The van der Waals surface area contributed by atoms with Gasteiger partial charge >= 0.3 is 0 Å². The molecule has 0 bridgehead atoms. The molecule has 0 radical (unpaired) electrons. The lowest BCUT2D eigenvalue weighted by Gasteiger charge is -2.27. The first-order valence-corrected chi connectivity index (χ1v) is 6.77. The highest BCUT2D eigenvalue weighted by atomic mass is 127. The molecule has 1 aliphatic carbocycles. The topological polar surface area (TPSA) is 63.8 Å². The van der Waals surface area contributed by atoms with Gasteiger partial charge in [0.25, 0.3) is 0 Å². The number of nitrogens with two attached hydrogens (primary N) is 1. The molecule has 0 unspecified atom stereocenters. The fourth-order valence-corrected chi connectivity index (χ4v) is 2.50. The number of rotatable bonds is 2. The summed E-state index contributed by atoms with van der Waals surface area (Å²) in [6, 6.07) is 0.541. The van der Waals surface area contributed by atoms with Crippen LogP contribution in [0.1, 0.15) is 32.6 Å². The lowest BCUT2D eigenvalue weighted by atomic mass is 9.87. The van der Waals surface area contributed by atoms with E-state index in [9.17, 15) is 0 Å². The molecule has 1 aromatic rings. The number of nitrogens with zero attached hydrogens (tertiary/aromatic N) is 2. The number of aromatic nitrogens is 2. The van der Waals surface area contributed by atoms with Crippen molar-refractivity contribution < 1.29 is 0 Å². The molecular formula is C11H17IN4. The maximum absolute atomic E-state index is 5.59. The van der Waals surface area contributed by atoms with Crippen molar-refractivity contribution in [3.05, 3.63) is 9.77 Å². The van der Waals surface area contributed by atoms with E-state index in [0.29, 0.717) is 12.0 Å². The van der Waals surface area contributed by atoms with Gasteiger partial charge in [-0.2, -0.15) is 4.98 Å². The molecule has 16 heavy (non-hydrogen) atoms. The van der Waals surface area contributed by atoms with E-state index in [1.807, 2.05) is 0 Å². The van der Waals surface area contributed by atoms with Crippen LogP contribution >= 0.6 is 22.6 Å². The molecule has 1 aliphatic rings. The van der Waals surface area contributed by atoms with Crippen molar-refractivity contribution in [3.63, 3.8) is 0 Å². The SMILES string of the molecule is C[C@H]1CC[C@H](Nc2nc(N)ncc2I)CC1. The third kappa shape index (κ3) is 2.96. The number of hydrogen-bond acceptors (Lipinski definition) is 4. The maximum atomic E-state index is 5.59. The molecule has 0 amide bonds. The fraction of sp³-hybridized carbons (Fsp3) is 0.636. The van der Waals surface area contributed by atoms with Crippen LogP contribution in [0.3, 0.4) is 0 Å². The molecule has 0 aromatic carbocycles. The Balaban J connectivity index is 2.00. The summed E-state index contributed by atoms with van der Waals surface area (Å²) in [5.74, 6) is 2.09. The standard InChI is InChI=1S/C11H17IN4/c1-7-2-4-8(5-3-7)15-10-9(12)6-14-11(13)16-10/h6-8H,2-5H2,1H3,(H3,13,14,15,16)/t7-,8-. The molecule has 3 N–H and O–H groups in total. The van der Waals surface area contributed by atoms with Gasteiger partial charge in [-0.05, 0) is 54.2 Å². The summed E-state index contributed by atoms with van der Waals surface area (Å²) in [5, 5.41) is 3.47. The predicted octanol–water partition coefficient (Wildman–Crippen LogP) is 2.65. The van der Waals surface area contributed by atoms with Crippen LogP contribution in [0, 0.1) is 9.49 Å². The molecule has 0 spiro atoms. The third-order valence-electron chi connectivity index (χ3n) is 3.12. The first-order chi connectivity index (χ1) is 7.65. The molecule has 0 atom stereocenters. The van der Waals surface area contributed by atoms with Gasteiger partial charge in [0, 0.05) is 12.2 Å². The number of halogens is 1. The average Bonchev–Trinajstić information content (AvgIpc) is 2.27. The quantitative estimate of drug-likeness (QED) is 0.818. The molecule has 88 valence electrons. The van der Waals surface area contributed by atoms with Gasteiger partial charge in [0.15, 0.2) is 0 Å². The third-order valence-corrected chi connectivity index (χ3v) is 3.91. The predicted molar refractivity (Wildman–Crippen MR) is 74.2 cm³/mol. The summed E-state index contributed by atoms with van der Waals surface area (Å²) < 4.78 is 1.03. The van der Waals surface area contributed by atoms with E-state index < -0.39 is 0 Å². The number of anilines is 2. The Morgan fingerprint density at radius 2 is 2.06 bits per heavy atom. The molecule has 0 aliphatic heterocycles. The van der Waals surface area contributed by atoms with Crippen molar-refractivity contribution in [2.45, 2.75) is 38.6 Å². The van der Waals surface area contributed by atoms with Gasteiger partial charge in [-0.15, -0.1) is 0 Å². The highest BCUT2D eigenvalue weighted by molar-refractivity contribution is 14.1. The first-order valence-electron chi connectivity index (χ1n) is 5.69. The zero-order valence-electron chi connectivity index (χ0n) is 9.41. The van der Waals surface area contributed by atoms with Crippen LogP contribution in [0.25, 0.3) is 0 Å². The van der Waals surface area contributed by atoms with E-state index in [4.69, 9.17) is 5.73 Å². The highest BCUT2D eigenvalue weighted by Gasteiger charge is 2.19. The molecule has 5 heteroatoms. The monoisotopic (exact) mass is 332 g/mol. The van der Waals surface area contributed by atoms with Gasteiger partial charge in [-0.1, -0.05) is 6.92 Å². The summed E-state index contributed by atoms with van der Waals surface area (Å²) in [4.78, 5) is 8.20. The van der Waals surface area contributed by atoms with Gasteiger partial charge in [-0.25, -0.2) is 4.98 Å². The fourth-order valence-electron chi connectivity index (χ4n) is 2.08. The van der Waals surface area contributed by atoms with Gasteiger partial charge in [0.1, 0.15) is 5.82 Å². The second-order valence-corrected chi connectivity index (χ2v) is 5.69. The van der Waals surface area contributed by atoms with Gasteiger partial charge in [0.2, 0.25) is 5.95 Å². The van der Waals surface area contributed by atoms with Crippen molar-refractivity contribution in [1.29, 1.82) is 0 Å². The van der Waals surface area contributed by atoms with E-state index in [-0.39, 0.29) is 0 Å². The molecule has 0 saturated heterocycles. The van der Waals surface area contributed by atoms with E-state index in [0.717, 1.165) is 15.3 Å². The van der Waals surface area contributed by atoms with E-state index in [1.54, 1.807) is 6.20 Å². The Bertz CT molecular complexity index is 361. The Kier molecular flexibility index (Phi) is 3.83. The smallest absolute Gasteiger partial charge is 0.221 e. The lowest BCUT2D eigenvalue weighted by Crippen LogP contribution is -2.26. The van der Waals surface area contributed by atoms with Crippen molar-refractivity contribution in [1.82, 2.24) is 9.97 Å². The Morgan fingerprint density at radius 1 is 1.38 bits per heavy atom. The average molecular weight is 332 g/mol. The van der Waals surface area contributed by atoms with Crippen LogP contribution < -0.4 is 11.1 Å². The van der Waals surface area contributed by atoms with Crippen LogP contribution in [0.4, 0.5) is 11.8 Å². The minimum absolute atomic E-state index is 0.340. The normalized spacial score (nSPS) is 25.4. The minimum Gasteiger partial charge on any atom is -0.368 e. The van der Waals surface area contributed by atoms with E-state index >= 15 is 0 Å². The maximum Gasteiger partial charge on any atom is 0.221 e. The highest BCUT2D eigenvalue weighted by Crippen LogP contribution is 2.26. The lowest BCUT2D eigenvalue weighted by molar-refractivity contribution is 0.360.